The number of nitrogens with two attached hydrogens (primary N) is 2. The molecule has 2 fully saturated rings. The first-order valence-corrected chi connectivity index (χ1v) is 13.4. The molecular weight excluding hydrogens is 534 g/mol. The van der Waals surface area contributed by atoms with E-state index in [9.17, 15) is 19.5 Å². The van der Waals surface area contributed by atoms with Crippen LogP contribution in [0.4, 0.5) is 5.13 Å². The zero-order valence-corrected chi connectivity index (χ0v) is 21.4. The highest BCUT2D eigenvalue weighted by molar-refractivity contribution is 8.00. The smallest absolute Gasteiger partial charge is 0.313 e. The van der Waals surface area contributed by atoms with Gasteiger partial charge < -0.3 is 31.6 Å². The van der Waals surface area contributed by atoms with Crippen molar-refractivity contribution in [3.05, 3.63) is 5.82 Å². The number of hydrogen-bond acceptors (Lipinski definition) is 15. The zero-order chi connectivity index (χ0) is 25.9. The van der Waals surface area contributed by atoms with Crippen LogP contribution in [0.5, 0.6) is 0 Å². The fourth-order valence-corrected chi connectivity index (χ4v) is 6.58. The lowest BCUT2D eigenvalue weighted by molar-refractivity contribution is -0.157. The molecule has 19 heteroatoms. The summed E-state index contributed by atoms with van der Waals surface area (Å²) in [6.45, 7) is 0.564. The predicted molar refractivity (Wildman–Crippen MR) is 130 cm³/mol. The first kappa shape index (κ1) is 26.0. The molecule has 0 bridgehead atoms. The van der Waals surface area contributed by atoms with Gasteiger partial charge in [-0.05, 0) is 23.4 Å². The van der Waals surface area contributed by atoms with Crippen LogP contribution in [0.25, 0.3) is 0 Å². The Bertz CT molecular complexity index is 1170. The topological polar surface area (TPSA) is 230 Å². The number of thioether (sulfide) groups is 2. The fourth-order valence-electron chi connectivity index (χ4n) is 3.44. The van der Waals surface area contributed by atoms with E-state index in [0.717, 1.165) is 11.5 Å². The number of β-lactam (4-membered cyclic amide) rings is 1. The van der Waals surface area contributed by atoms with Gasteiger partial charge >= 0.3 is 5.97 Å². The molecule has 36 heavy (non-hydrogen) atoms. The lowest BCUT2D eigenvalue weighted by atomic mass is 9.89. The van der Waals surface area contributed by atoms with E-state index < -0.39 is 34.6 Å². The number of fused-ring (bicyclic) bond motifs is 1. The molecule has 194 valence electrons. The number of hydrogen-bond donors (Lipinski definition) is 4. The molecule has 2 aromatic rings. The van der Waals surface area contributed by atoms with E-state index in [-0.39, 0.29) is 41.3 Å². The summed E-state index contributed by atoms with van der Waals surface area (Å²) >= 11 is 3.38. The monoisotopic (exact) mass is 557 g/mol. The maximum Gasteiger partial charge on any atom is 0.313 e. The molecule has 6 N–H and O–H groups in total. The number of rotatable bonds is 11. The lowest BCUT2D eigenvalue weighted by Gasteiger charge is -2.53. The minimum atomic E-state index is -1.20. The molecule has 4 heterocycles. The molecule has 0 saturated carbocycles. The van der Waals surface area contributed by atoms with Crippen molar-refractivity contribution in [1.29, 1.82) is 0 Å². The number of anilines is 1. The average molecular weight is 558 g/mol. The van der Waals surface area contributed by atoms with Crippen LogP contribution in [0.15, 0.2) is 10.3 Å². The third-order valence-corrected chi connectivity index (χ3v) is 8.84. The predicted octanol–water partition coefficient (Wildman–Crippen LogP) is -2.02. The van der Waals surface area contributed by atoms with Gasteiger partial charge in [0.15, 0.2) is 5.13 Å². The van der Waals surface area contributed by atoms with E-state index in [1.54, 1.807) is 7.05 Å². The van der Waals surface area contributed by atoms with Gasteiger partial charge in [0, 0.05) is 36.6 Å². The van der Waals surface area contributed by atoms with E-state index >= 15 is 0 Å². The van der Waals surface area contributed by atoms with E-state index in [1.807, 2.05) is 0 Å². The normalized spacial score (nSPS) is 23.7. The molecule has 4 rings (SSSR count). The first-order chi connectivity index (χ1) is 17.3. The van der Waals surface area contributed by atoms with Crippen LogP contribution in [0.2, 0.25) is 0 Å². The maximum absolute atomic E-state index is 13.0. The Morgan fingerprint density at radius 2 is 2.25 bits per heavy atom. The summed E-state index contributed by atoms with van der Waals surface area (Å²) in [5, 5.41) is 27.8. The van der Waals surface area contributed by atoms with Crippen LogP contribution in [0, 0.1) is 5.41 Å². The third kappa shape index (κ3) is 5.22. The molecule has 0 spiro atoms. The molecule has 2 unspecified atom stereocenters. The van der Waals surface area contributed by atoms with E-state index in [2.05, 4.69) is 35.4 Å². The number of aryl methyl sites for hydroxylation is 1. The minimum absolute atomic E-state index is 0.00317. The standard InChI is InChI=1S/C17H23N11O5S3/c1-27-16(22-25-26-27)35-7-17(14(31)32)5-28-12(30)9(13(28)34-6-17)20-11(29)8(23-33-4-2-3-18)10-21-15(19)36-24-10/h9,13H,2-7,18H2,1H3,(H,20,29)(H,31,32)(H2,19,21,24)/t9?,13-,17?/m1/s1. The van der Waals surface area contributed by atoms with Crippen LogP contribution < -0.4 is 16.8 Å². The van der Waals surface area contributed by atoms with Gasteiger partial charge in [0.05, 0.1) is 0 Å². The van der Waals surface area contributed by atoms with Gasteiger partial charge in [-0.15, -0.1) is 16.9 Å². The van der Waals surface area contributed by atoms with Crippen molar-refractivity contribution in [3.63, 3.8) is 0 Å². The summed E-state index contributed by atoms with van der Waals surface area (Å²) in [6.07, 6.45) is 0.524. The van der Waals surface area contributed by atoms with Crippen molar-refractivity contribution in [2.75, 3.05) is 36.9 Å². The Kier molecular flexibility index (Phi) is 7.91. The summed E-state index contributed by atoms with van der Waals surface area (Å²) in [7, 11) is 1.66. The molecule has 0 aliphatic carbocycles. The number of aromatic nitrogens is 6. The number of carbonyl (C=O) groups is 3. The lowest BCUT2D eigenvalue weighted by Crippen LogP contribution is -2.74. The maximum atomic E-state index is 13.0. The van der Waals surface area contributed by atoms with Crippen molar-refractivity contribution in [2.45, 2.75) is 23.0 Å². The molecule has 2 saturated heterocycles. The Morgan fingerprint density at radius 3 is 2.89 bits per heavy atom. The number of amides is 2. The summed E-state index contributed by atoms with van der Waals surface area (Å²) in [5.74, 6) is -1.75. The Hall–Kier alpha value is -3.03. The second kappa shape index (κ2) is 10.9. The minimum Gasteiger partial charge on any atom is -0.481 e. The second-order valence-corrected chi connectivity index (χ2v) is 10.8. The van der Waals surface area contributed by atoms with Gasteiger partial charge in [-0.25, -0.2) is 4.68 Å². The third-order valence-electron chi connectivity index (χ3n) is 5.41. The van der Waals surface area contributed by atoms with E-state index in [1.165, 1.54) is 33.1 Å². The Labute approximate surface area is 216 Å². The molecule has 2 aliphatic heterocycles. The molecule has 16 nitrogen and oxygen atoms in total. The van der Waals surface area contributed by atoms with Crippen LogP contribution in [-0.4, -0.2) is 106 Å². The zero-order valence-electron chi connectivity index (χ0n) is 18.9. The number of aliphatic carboxylic acids is 1. The summed E-state index contributed by atoms with van der Waals surface area (Å²) < 4.78 is 5.45. The van der Waals surface area contributed by atoms with Gasteiger partial charge in [-0.1, -0.05) is 16.9 Å². The van der Waals surface area contributed by atoms with Crippen molar-refractivity contribution in [2.24, 2.45) is 23.4 Å². The number of carbonyl (C=O) groups excluding carboxylic acids is 2. The number of nitrogens with zero attached hydrogens (tertiary/aromatic N) is 8. The highest BCUT2D eigenvalue weighted by Crippen LogP contribution is 2.44. The highest BCUT2D eigenvalue weighted by atomic mass is 32.2. The van der Waals surface area contributed by atoms with Crippen molar-refractivity contribution in [3.8, 4) is 0 Å². The molecule has 2 amide bonds. The summed E-state index contributed by atoms with van der Waals surface area (Å²) in [5.41, 5.74) is 9.64. The largest absolute Gasteiger partial charge is 0.481 e. The molecular formula is C17H23N11O5S3. The second-order valence-electron chi connectivity index (χ2n) is 7.95. The number of nitrogen functional groups attached to an aromatic ring is 1. The molecule has 0 radical (unpaired) electrons. The first-order valence-electron chi connectivity index (χ1n) is 10.6. The van der Waals surface area contributed by atoms with E-state index in [4.69, 9.17) is 16.3 Å². The van der Waals surface area contributed by atoms with E-state index in [0.29, 0.717) is 18.1 Å². The molecule has 2 aromatic heterocycles. The van der Waals surface area contributed by atoms with Crippen LogP contribution in [0.1, 0.15) is 12.2 Å². The number of carboxylic acid groups (broad SMARTS) is 1. The van der Waals surface area contributed by atoms with Crippen LogP contribution in [-0.2, 0) is 26.3 Å². The quantitative estimate of drug-likeness (QED) is 0.0768. The van der Waals surface area contributed by atoms with Crippen molar-refractivity contribution >= 4 is 63.7 Å². The number of carboxylic acids is 1. The van der Waals surface area contributed by atoms with Crippen LogP contribution in [0.3, 0.4) is 0 Å². The number of tetrazole rings is 1. The average Bonchev–Trinajstić information content (AvgIpc) is 3.48. The SMILES string of the molecule is Cn1nnnc1SCC1(C(=O)O)CS[C@@H]2C(NC(=O)C(=NOCCCN)c3nsc(N)n3)C(=O)N2C1. The fraction of sp³-hybridized carbons (Fsp3) is 0.588. The highest BCUT2D eigenvalue weighted by Gasteiger charge is 2.57. The number of nitrogens with one attached hydrogen (secondary N) is 1. The van der Waals surface area contributed by atoms with Gasteiger partial charge in [-0.2, -0.15) is 9.36 Å². The van der Waals surface area contributed by atoms with Gasteiger partial charge in [0.2, 0.25) is 22.6 Å². The van der Waals surface area contributed by atoms with Crippen molar-refractivity contribution < 1.29 is 24.3 Å². The summed E-state index contributed by atoms with van der Waals surface area (Å²) in [6, 6.07) is -0.866. The van der Waals surface area contributed by atoms with Crippen molar-refractivity contribution in [1.82, 2.24) is 39.8 Å². The Balaban J connectivity index is 1.42. The molecule has 3 atom stereocenters. The Morgan fingerprint density at radius 1 is 1.44 bits per heavy atom. The molecule has 2 aliphatic rings. The van der Waals surface area contributed by atoms with Gasteiger partial charge in [0.25, 0.3) is 5.91 Å². The number of oxime groups is 1. The van der Waals surface area contributed by atoms with Gasteiger partial charge in [0.1, 0.15) is 23.4 Å². The molecule has 0 aromatic carbocycles. The summed E-state index contributed by atoms with van der Waals surface area (Å²) in [4.78, 5) is 48.7. The van der Waals surface area contributed by atoms with Gasteiger partial charge in [-0.3, -0.25) is 14.4 Å². The van der Waals surface area contributed by atoms with Crippen LogP contribution >= 0.6 is 35.1 Å².